The van der Waals surface area contributed by atoms with Crippen molar-refractivity contribution in [3.05, 3.63) is 47.7 Å². The molecule has 0 fully saturated rings. The summed E-state index contributed by atoms with van der Waals surface area (Å²) in [6.07, 6.45) is 3.41. The molecule has 2 N–H and O–H groups in total. The molecule has 2 heterocycles. The predicted molar refractivity (Wildman–Crippen MR) is 75.7 cm³/mol. The zero-order chi connectivity index (χ0) is 13.1. The molecule has 0 amide bonds. The van der Waals surface area contributed by atoms with Gasteiger partial charge in [-0.05, 0) is 25.1 Å². The third kappa shape index (κ3) is 2.68. The molecule has 0 bridgehead atoms. The summed E-state index contributed by atoms with van der Waals surface area (Å²) in [4.78, 5) is 6.53. The van der Waals surface area contributed by atoms with Crippen molar-refractivity contribution in [1.82, 2.24) is 4.98 Å². The molecular formula is C13H15N3OS. The molecule has 0 atom stereocenters. The van der Waals surface area contributed by atoms with Crippen LogP contribution in [0.5, 0.6) is 0 Å². The van der Waals surface area contributed by atoms with Gasteiger partial charge >= 0.3 is 0 Å². The summed E-state index contributed by atoms with van der Waals surface area (Å²) in [5.41, 5.74) is 8.40. The van der Waals surface area contributed by atoms with Crippen molar-refractivity contribution in [2.75, 3.05) is 11.9 Å². The Balaban J connectivity index is 2.18. The van der Waals surface area contributed by atoms with Crippen LogP contribution >= 0.6 is 12.2 Å². The van der Waals surface area contributed by atoms with E-state index in [0.717, 1.165) is 23.6 Å². The number of pyridine rings is 1. The summed E-state index contributed by atoms with van der Waals surface area (Å²) < 4.78 is 5.28. The van der Waals surface area contributed by atoms with Crippen molar-refractivity contribution in [3.63, 3.8) is 0 Å². The summed E-state index contributed by atoms with van der Waals surface area (Å²) in [5, 5.41) is 0. The molecule has 0 aliphatic heterocycles. The highest BCUT2D eigenvalue weighted by molar-refractivity contribution is 7.80. The SMILES string of the molecule is Cc1occc1CN(C)c1ccnc(C(N)=S)c1. The number of furan rings is 1. The first-order valence-corrected chi connectivity index (χ1v) is 5.98. The van der Waals surface area contributed by atoms with E-state index >= 15 is 0 Å². The molecule has 2 aromatic heterocycles. The van der Waals surface area contributed by atoms with Crippen LogP contribution in [0.1, 0.15) is 17.0 Å². The van der Waals surface area contributed by atoms with Crippen LogP contribution in [0.15, 0.2) is 35.1 Å². The second kappa shape index (κ2) is 5.18. The summed E-state index contributed by atoms with van der Waals surface area (Å²) in [5.74, 6) is 0.936. The van der Waals surface area contributed by atoms with E-state index in [1.54, 1.807) is 12.5 Å². The summed E-state index contributed by atoms with van der Waals surface area (Å²) >= 11 is 4.93. The fourth-order valence-corrected chi connectivity index (χ4v) is 1.83. The third-order valence-electron chi connectivity index (χ3n) is 2.81. The number of thiocarbonyl (C=S) groups is 1. The van der Waals surface area contributed by atoms with Crippen molar-refractivity contribution in [2.45, 2.75) is 13.5 Å². The Morgan fingerprint density at radius 3 is 2.89 bits per heavy atom. The quantitative estimate of drug-likeness (QED) is 0.855. The van der Waals surface area contributed by atoms with Crippen molar-refractivity contribution < 1.29 is 4.42 Å². The molecule has 0 spiro atoms. The molecule has 0 radical (unpaired) electrons. The van der Waals surface area contributed by atoms with Gasteiger partial charge < -0.3 is 15.1 Å². The highest BCUT2D eigenvalue weighted by Gasteiger charge is 2.08. The lowest BCUT2D eigenvalue weighted by Gasteiger charge is -2.19. The fraction of sp³-hybridized carbons (Fsp3) is 0.231. The molecule has 0 saturated carbocycles. The van der Waals surface area contributed by atoms with Gasteiger partial charge in [-0.2, -0.15) is 0 Å². The van der Waals surface area contributed by atoms with Crippen LogP contribution in [0, 0.1) is 6.92 Å². The maximum absolute atomic E-state index is 5.58. The maximum Gasteiger partial charge on any atom is 0.122 e. The molecule has 0 aliphatic carbocycles. The zero-order valence-electron chi connectivity index (χ0n) is 10.4. The Morgan fingerprint density at radius 2 is 2.28 bits per heavy atom. The minimum Gasteiger partial charge on any atom is -0.469 e. The van der Waals surface area contributed by atoms with E-state index in [9.17, 15) is 0 Å². The van der Waals surface area contributed by atoms with Gasteiger partial charge in [0.1, 0.15) is 10.7 Å². The number of hydrogen-bond acceptors (Lipinski definition) is 4. The molecule has 2 rings (SSSR count). The maximum atomic E-state index is 5.58. The van der Waals surface area contributed by atoms with Gasteiger partial charge in [-0.25, -0.2) is 0 Å². The number of aromatic nitrogens is 1. The van der Waals surface area contributed by atoms with Gasteiger partial charge in [0.05, 0.1) is 12.0 Å². The third-order valence-corrected chi connectivity index (χ3v) is 3.02. The van der Waals surface area contributed by atoms with Crippen molar-refractivity contribution >= 4 is 22.9 Å². The highest BCUT2D eigenvalue weighted by atomic mass is 32.1. The second-order valence-corrected chi connectivity index (χ2v) is 4.56. The summed E-state index contributed by atoms with van der Waals surface area (Å²) in [6.45, 7) is 2.72. The zero-order valence-corrected chi connectivity index (χ0v) is 11.2. The Morgan fingerprint density at radius 1 is 1.50 bits per heavy atom. The molecule has 5 heteroatoms. The number of hydrogen-bond donors (Lipinski definition) is 1. The molecule has 4 nitrogen and oxygen atoms in total. The molecular weight excluding hydrogens is 246 g/mol. The van der Waals surface area contributed by atoms with Gasteiger partial charge in [0, 0.05) is 31.0 Å². The lowest BCUT2D eigenvalue weighted by atomic mass is 10.2. The van der Waals surface area contributed by atoms with Crippen molar-refractivity contribution in [2.24, 2.45) is 5.73 Å². The number of nitrogens with two attached hydrogens (primary N) is 1. The predicted octanol–water partition coefficient (Wildman–Crippen LogP) is 2.25. The minimum absolute atomic E-state index is 0.310. The molecule has 0 aliphatic rings. The van der Waals surface area contributed by atoms with Crippen LogP contribution in [0.3, 0.4) is 0 Å². The first-order chi connectivity index (χ1) is 8.58. The molecule has 18 heavy (non-hydrogen) atoms. The van der Waals surface area contributed by atoms with Crippen LogP contribution in [-0.2, 0) is 6.54 Å². The number of rotatable bonds is 4. The smallest absolute Gasteiger partial charge is 0.122 e. The number of anilines is 1. The Labute approximate surface area is 111 Å². The lowest BCUT2D eigenvalue weighted by Crippen LogP contribution is -2.18. The second-order valence-electron chi connectivity index (χ2n) is 4.12. The topological polar surface area (TPSA) is 55.3 Å². The Hall–Kier alpha value is -1.88. The Kier molecular flexibility index (Phi) is 3.62. The van der Waals surface area contributed by atoms with E-state index in [1.165, 1.54) is 0 Å². The first kappa shape index (κ1) is 12.6. The van der Waals surface area contributed by atoms with E-state index in [-0.39, 0.29) is 0 Å². The van der Waals surface area contributed by atoms with Gasteiger partial charge in [0.2, 0.25) is 0 Å². The molecule has 0 saturated heterocycles. The number of nitrogens with zero attached hydrogens (tertiary/aromatic N) is 2. The monoisotopic (exact) mass is 261 g/mol. The Bertz CT molecular complexity index is 565. The van der Waals surface area contributed by atoms with Crippen LogP contribution in [-0.4, -0.2) is 17.0 Å². The molecule has 0 unspecified atom stereocenters. The fourth-order valence-electron chi connectivity index (χ4n) is 1.71. The summed E-state index contributed by atoms with van der Waals surface area (Å²) in [7, 11) is 2.01. The largest absolute Gasteiger partial charge is 0.469 e. The van der Waals surface area contributed by atoms with Crippen LogP contribution < -0.4 is 10.6 Å². The van der Waals surface area contributed by atoms with Gasteiger partial charge in [-0.15, -0.1) is 0 Å². The van der Waals surface area contributed by atoms with Crippen molar-refractivity contribution in [1.29, 1.82) is 0 Å². The number of aryl methyl sites for hydroxylation is 1. The van der Waals surface area contributed by atoms with Gasteiger partial charge in [-0.3, -0.25) is 4.98 Å². The van der Waals surface area contributed by atoms with E-state index < -0.39 is 0 Å². The van der Waals surface area contributed by atoms with Gasteiger partial charge in [0.15, 0.2) is 0 Å². The average molecular weight is 261 g/mol. The minimum atomic E-state index is 0.310. The van der Waals surface area contributed by atoms with E-state index in [1.807, 2.05) is 32.2 Å². The van der Waals surface area contributed by atoms with Crippen LogP contribution in [0.2, 0.25) is 0 Å². The van der Waals surface area contributed by atoms with Gasteiger partial charge in [0.25, 0.3) is 0 Å². The lowest BCUT2D eigenvalue weighted by molar-refractivity contribution is 0.529. The normalized spacial score (nSPS) is 10.3. The van der Waals surface area contributed by atoms with Gasteiger partial charge in [-0.1, -0.05) is 12.2 Å². The molecule has 2 aromatic rings. The van der Waals surface area contributed by atoms with E-state index in [0.29, 0.717) is 10.7 Å². The standard InChI is InChI=1S/C13H15N3OS/c1-9-10(4-6-17-9)8-16(2)11-3-5-15-12(7-11)13(14)18/h3-7H,8H2,1-2H3,(H2,14,18). The highest BCUT2D eigenvalue weighted by Crippen LogP contribution is 2.18. The van der Waals surface area contributed by atoms with E-state index in [4.69, 9.17) is 22.4 Å². The summed E-state index contributed by atoms with van der Waals surface area (Å²) in [6, 6.07) is 5.79. The first-order valence-electron chi connectivity index (χ1n) is 5.58. The molecule has 94 valence electrons. The molecule has 0 aromatic carbocycles. The average Bonchev–Trinajstić information content (AvgIpc) is 2.75. The van der Waals surface area contributed by atoms with Crippen molar-refractivity contribution in [3.8, 4) is 0 Å². The van der Waals surface area contributed by atoms with Crippen LogP contribution in [0.4, 0.5) is 5.69 Å². The van der Waals surface area contributed by atoms with E-state index in [2.05, 4.69) is 9.88 Å². The van der Waals surface area contributed by atoms with Crippen LogP contribution in [0.25, 0.3) is 0 Å².